The van der Waals surface area contributed by atoms with Gasteiger partial charge in [-0.05, 0) is 36.3 Å². The summed E-state index contributed by atoms with van der Waals surface area (Å²) in [5.74, 6) is 0. The molecule has 0 saturated carbocycles. The van der Waals surface area contributed by atoms with Gasteiger partial charge < -0.3 is 15.5 Å². The summed E-state index contributed by atoms with van der Waals surface area (Å²) >= 11 is 3.40. The zero-order valence-electron chi connectivity index (χ0n) is 12.5. The van der Waals surface area contributed by atoms with Gasteiger partial charge in [0.15, 0.2) is 8.32 Å². The third-order valence-corrected chi connectivity index (χ3v) is 8.73. The normalized spacial score (nSPS) is 12.5. The molecule has 0 aliphatic rings. The number of nitrogen functional groups attached to an aromatic ring is 1. The van der Waals surface area contributed by atoms with Crippen molar-refractivity contribution in [2.24, 2.45) is 0 Å². The number of benzene rings is 1. The van der Waals surface area contributed by atoms with Crippen LogP contribution in [-0.2, 0) is 4.43 Å². The van der Waals surface area contributed by atoms with E-state index in [1.54, 1.807) is 0 Å². The third-order valence-electron chi connectivity index (χ3n) is 3.70. The molecule has 3 N–H and O–H groups in total. The lowest BCUT2D eigenvalue weighted by Crippen LogP contribution is -2.41. The molecule has 5 heteroatoms. The Morgan fingerprint density at radius 3 is 2.47 bits per heavy atom. The summed E-state index contributed by atoms with van der Waals surface area (Å²) in [4.78, 5) is 0. The largest absolute Gasteiger partial charge is 0.415 e. The molecule has 1 aromatic carbocycles. The average molecular weight is 345 g/mol. The highest BCUT2D eigenvalue weighted by atomic mass is 79.9. The molecule has 3 nitrogen and oxygen atoms in total. The Morgan fingerprint density at radius 2 is 1.95 bits per heavy atom. The Balaban J connectivity index is 2.43. The van der Waals surface area contributed by atoms with Crippen molar-refractivity contribution in [1.29, 1.82) is 0 Å². The van der Waals surface area contributed by atoms with E-state index in [9.17, 15) is 0 Å². The van der Waals surface area contributed by atoms with E-state index in [1.165, 1.54) is 0 Å². The van der Waals surface area contributed by atoms with Crippen molar-refractivity contribution in [2.75, 3.05) is 24.2 Å². The second kappa shape index (κ2) is 6.28. The van der Waals surface area contributed by atoms with Crippen LogP contribution in [0.15, 0.2) is 22.7 Å². The van der Waals surface area contributed by atoms with Crippen molar-refractivity contribution < 1.29 is 4.43 Å². The molecular weight excluding hydrogens is 320 g/mol. The maximum atomic E-state index is 6.11. The van der Waals surface area contributed by atoms with Gasteiger partial charge in [0.2, 0.25) is 0 Å². The van der Waals surface area contributed by atoms with E-state index in [2.05, 4.69) is 55.1 Å². The fourth-order valence-corrected chi connectivity index (χ4v) is 2.83. The molecule has 1 aromatic rings. The summed E-state index contributed by atoms with van der Waals surface area (Å²) < 4.78 is 7.10. The third kappa shape index (κ3) is 4.82. The van der Waals surface area contributed by atoms with E-state index in [1.807, 2.05) is 18.2 Å². The van der Waals surface area contributed by atoms with Gasteiger partial charge in [0, 0.05) is 11.0 Å². The van der Waals surface area contributed by atoms with Crippen LogP contribution >= 0.6 is 15.9 Å². The summed E-state index contributed by atoms with van der Waals surface area (Å²) in [6, 6.07) is 5.86. The van der Waals surface area contributed by atoms with E-state index in [0.717, 1.165) is 22.4 Å². The van der Waals surface area contributed by atoms with Crippen LogP contribution in [0.4, 0.5) is 11.4 Å². The molecule has 0 radical (unpaired) electrons. The van der Waals surface area contributed by atoms with Gasteiger partial charge in [-0.3, -0.25) is 0 Å². The zero-order chi connectivity index (χ0) is 14.7. The van der Waals surface area contributed by atoms with Crippen LogP contribution in [0.25, 0.3) is 0 Å². The first-order valence-corrected chi connectivity index (χ1v) is 10.3. The number of hydrogen-bond acceptors (Lipinski definition) is 3. The van der Waals surface area contributed by atoms with E-state index in [4.69, 9.17) is 10.2 Å². The van der Waals surface area contributed by atoms with Crippen LogP contribution < -0.4 is 11.1 Å². The first kappa shape index (κ1) is 16.5. The van der Waals surface area contributed by atoms with Crippen LogP contribution in [0.3, 0.4) is 0 Å². The van der Waals surface area contributed by atoms with Crippen molar-refractivity contribution in [3.05, 3.63) is 22.7 Å². The number of nitrogens with two attached hydrogens (primary N) is 1. The number of rotatable bonds is 5. The second-order valence-electron chi connectivity index (χ2n) is 6.27. The molecule has 0 atom stereocenters. The Labute approximate surface area is 126 Å². The standard InChI is InChI=1S/C14H25BrN2OSi/c1-14(2,3)19(4,5)18-9-8-17-13-7-6-11(15)10-12(13)16/h6-7,10,17H,8-9,16H2,1-5H3. The van der Waals surface area contributed by atoms with Crippen molar-refractivity contribution in [3.63, 3.8) is 0 Å². The lowest BCUT2D eigenvalue weighted by Gasteiger charge is -2.36. The highest BCUT2D eigenvalue weighted by molar-refractivity contribution is 9.10. The molecule has 19 heavy (non-hydrogen) atoms. The number of halogens is 1. The van der Waals surface area contributed by atoms with Gasteiger partial charge in [-0.25, -0.2) is 0 Å². The molecule has 1 rings (SSSR count). The molecule has 0 amide bonds. The smallest absolute Gasteiger partial charge is 0.192 e. The molecule has 0 aromatic heterocycles. The van der Waals surface area contributed by atoms with Gasteiger partial charge in [-0.1, -0.05) is 36.7 Å². The van der Waals surface area contributed by atoms with E-state index in [-0.39, 0.29) is 5.04 Å². The molecule has 0 spiro atoms. The molecule has 0 heterocycles. The maximum Gasteiger partial charge on any atom is 0.192 e. The van der Waals surface area contributed by atoms with Crippen molar-refractivity contribution in [2.45, 2.75) is 38.9 Å². The van der Waals surface area contributed by atoms with Crippen LogP contribution in [0.2, 0.25) is 18.1 Å². The second-order valence-corrected chi connectivity index (χ2v) is 12.0. The monoisotopic (exact) mass is 344 g/mol. The minimum atomic E-state index is -1.64. The fourth-order valence-electron chi connectivity index (χ4n) is 1.40. The van der Waals surface area contributed by atoms with Gasteiger partial charge in [0.05, 0.1) is 18.0 Å². The quantitative estimate of drug-likeness (QED) is 0.470. The Hall–Kier alpha value is -0.523. The van der Waals surface area contributed by atoms with Gasteiger partial charge in [0.1, 0.15) is 0 Å². The Kier molecular flexibility index (Phi) is 5.47. The van der Waals surface area contributed by atoms with Crippen LogP contribution in [0.5, 0.6) is 0 Å². The minimum absolute atomic E-state index is 0.254. The molecule has 108 valence electrons. The highest BCUT2D eigenvalue weighted by Gasteiger charge is 2.36. The molecule has 0 saturated heterocycles. The van der Waals surface area contributed by atoms with E-state index >= 15 is 0 Å². The van der Waals surface area contributed by atoms with Crippen molar-refractivity contribution >= 4 is 35.6 Å². The van der Waals surface area contributed by atoms with Crippen molar-refractivity contribution in [1.82, 2.24) is 0 Å². The van der Waals surface area contributed by atoms with Crippen LogP contribution in [-0.4, -0.2) is 21.5 Å². The summed E-state index contributed by atoms with van der Waals surface area (Å²) in [6.45, 7) is 12.8. The minimum Gasteiger partial charge on any atom is -0.415 e. The SMILES string of the molecule is CC(C)(C)[Si](C)(C)OCCNc1ccc(Br)cc1N. The summed E-state index contributed by atoms with van der Waals surface area (Å²) in [5, 5.41) is 3.57. The van der Waals surface area contributed by atoms with Gasteiger partial charge >= 0.3 is 0 Å². The number of nitrogens with one attached hydrogen (secondary N) is 1. The maximum absolute atomic E-state index is 6.11. The zero-order valence-corrected chi connectivity index (χ0v) is 15.1. The topological polar surface area (TPSA) is 47.3 Å². The summed E-state index contributed by atoms with van der Waals surface area (Å²) in [5.41, 5.74) is 7.65. The highest BCUT2D eigenvalue weighted by Crippen LogP contribution is 2.36. The molecule has 0 unspecified atom stereocenters. The van der Waals surface area contributed by atoms with Gasteiger partial charge in [-0.2, -0.15) is 0 Å². The van der Waals surface area contributed by atoms with Crippen LogP contribution in [0, 0.1) is 0 Å². The predicted molar refractivity (Wildman–Crippen MR) is 90.2 cm³/mol. The van der Waals surface area contributed by atoms with Gasteiger partial charge in [0.25, 0.3) is 0 Å². The number of hydrogen-bond donors (Lipinski definition) is 2. The van der Waals surface area contributed by atoms with E-state index < -0.39 is 8.32 Å². The molecule has 0 aliphatic heterocycles. The van der Waals surface area contributed by atoms with Crippen LogP contribution in [0.1, 0.15) is 20.8 Å². The summed E-state index contributed by atoms with van der Waals surface area (Å²) in [7, 11) is -1.64. The lowest BCUT2D eigenvalue weighted by atomic mass is 10.2. The molecule has 0 fully saturated rings. The first-order valence-electron chi connectivity index (χ1n) is 6.56. The average Bonchev–Trinajstić information content (AvgIpc) is 2.25. The molecular formula is C14H25BrN2OSi. The number of anilines is 2. The predicted octanol–water partition coefficient (Wildman–Crippen LogP) is 4.47. The lowest BCUT2D eigenvalue weighted by molar-refractivity contribution is 0.301. The summed E-state index contributed by atoms with van der Waals surface area (Å²) in [6.07, 6.45) is 0. The molecule has 0 aliphatic carbocycles. The Morgan fingerprint density at radius 1 is 1.32 bits per heavy atom. The molecule has 0 bridgehead atoms. The van der Waals surface area contributed by atoms with Crippen molar-refractivity contribution in [3.8, 4) is 0 Å². The fraction of sp³-hybridized carbons (Fsp3) is 0.571. The Bertz CT molecular complexity index is 430. The first-order chi connectivity index (χ1) is 8.63. The van der Waals surface area contributed by atoms with Gasteiger partial charge in [-0.15, -0.1) is 0 Å². The van der Waals surface area contributed by atoms with E-state index in [0.29, 0.717) is 6.61 Å².